The first-order valence-corrected chi connectivity index (χ1v) is 7.01. The summed E-state index contributed by atoms with van der Waals surface area (Å²) in [5.74, 6) is 0. The maximum absolute atomic E-state index is 10.4. The van der Waals surface area contributed by atoms with Gasteiger partial charge in [-0.3, -0.25) is 0 Å². The topological polar surface area (TPSA) is 45.3 Å². The van der Waals surface area contributed by atoms with Crippen molar-refractivity contribution in [1.29, 1.82) is 0 Å². The van der Waals surface area contributed by atoms with E-state index in [1.165, 1.54) is 5.57 Å². The molecule has 2 fully saturated rings. The molecular formula is C15H24O3. The van der Waals surface area contributed by atoms with Gasteiger partial charge in [0.05, 0.1) is 12.2 Å². The fourth-order valence-electron chi connectivity index (χ4n) is 3.21. The largest absolute Gasteiger partial charge is 0.387 e. The molecule has 0 aromatic rings. The van der Waals surface area contributed by atoms with Crippen LogP contribution in [0, 0.1) is 5.41 Å². The average Bonchev–Trinajstić information content (AvgIpc) is 3.17. The molecule has 2 aliphatic heterocycles. The number of aliphatic hydroxyl groups excluding tert-OH is 1. The van der Waals surface area contributed by atoms with Gasteiger partial charge in [0.25, 0.3) is 0 Å². The second-order valence-corrected chi connectivity index (χ2v) is 7.04. The number of aliphatic hydroxyl groups is 1. The van der Waals surface area contributed by atoms with Gasteiger partial charge in [-0.15, -0.1) is 0 Å². The Hall–Kier alpha value is -0.380. The number of allylic oxidation sites excluding steroid dienone is 2. The van der Waals surface area contributed by atoms with E-state index in [0.717, 1.165) is 19.3 Å². The van der Waals surface area contributed by atoms with E-state index in [2.05, 4.69) is 26.8 Å². The number of rotatable bonds is 0. The molecule has 3 heteroatoms. The van der Waals surface area contributed by atoms with E-state index in [-0.39, 0.29) is 29.3 Å². The Morgan fingerprint density at radius 3 is 2.78 bits per heavy atom. The average molecular weight is 252 g/mol. The monoisotopic (exact) mass is 252 g/mol. The molecule has 2 saturated heterocycles. The molecule has 1 N–H and O–H groups in total. The Balaban J connectivity index is 1.83. The SMILES string of the molecule is C/C1=C\CC(C)(C)[C@@H]2O[C@@H]2[C@H](O)[C@]2(C)O[C@@H]2CC1. The molecule has 18 heavy (non-hydrogen) atoms. The first-order chi connectivity index (χ1) is 8.34. The molecule has 0 aromatic heterocycles. The molecule has 0 spiro atoms. The van der Waals surface area contributed by atoms with Gasteiger partial charge in [0.15, 0.2) is 0 Å². The number of epoxide rings is 2. The van der Waals surface area contributed by atoms with Crippen molar-refractivity contribution < 1.29 is 14.6 Å². The van der Waals surface area contributed by atoms with Crippen LogP contribution < -0.4 is 0 Å². The minimum Gasteiger partial charge on any atom is -0.387 e. The van der Waals surface area contributed by atoms with E-state index in [0.29, 0.717) is 0 Å². The number of hydrogen-bond acceptors (Lipinski definition) is 3. The molecule has 0 radical (unpaired) electrons. The number of ether oxygens (including phenoxy) is 2. The van der Waals surface area contributed by atoms with Crippen LogP contribution >= 0.6 is 0 Å². The quantitative estimate of drug-likeness (QED) is 0.532. The second kappa shape index (κ2) is 3.81. The zero-order valence-electron chi connectivity index (χ0n) is 11.8. The van der Waals surface area contributed by atoms with Crippen molar-refractivity contribution in [1.82, 2.24) is 0 Å². The van der Waals surface area contributed by atoms with Crippen LogP contribution in [0.25, 0.3) is 0 Å². The molecule has 0 amide bonds. The molecule has 102 valence electrons. The zero-order chi connectivity index (χ0) is 13.1. The lowest BCUT2D eigenvalue weighted by Gasteiger charge is -2.22. The van der Waals surface area contributed by atoms with E-state index in [1.807, 2.05) is 6.92 Å². The lowest BCUT2D eigenvalue weighted by molar-refractivity contribution is 0.0593. The molecule has 3 aliphatic rings. The highest BCUT2D eigenvalue weighted by molar-refractivity contribution is 5.16. The van der Waals surface area contributed by atoms with E-state index in [4.69, 9.17) is 9.47 Å². The molecule has 0 unspecified atom stereocenters. The van der Waals surface area contributed by atoms with Crippen LogP contribution in [0.1, 0.15) is 47.0 Å². The molecule has 0 saturated carbocycles. The van der Waals surface area contributed by atoms with Gasteiger partial charge < -0.3 is 14.6 Å². The van der Waals surface area contributed by atoms with Crippen LogP contribution in [-0.2, 0) is 9.47 Å². The van der Waals surface area contributed by atoms with E-state index in [1.54, 1.807) is 0 Å². The first-order valence-electron chi connectivity index (χ1n) is 7.01. The minimum absolute atomic E-state index is 0.0400. The van der Waals surface area contributed by atoms with Gasteiger partial charge in [-0.05, 0) is 38.5 Å². The smallest absolute Gasteiger partial charge is 0.120 e. The number of fused-ring (bicyclic) bond motifs is 2. The summed E-state index contributed by atoms with van der Waals surface area (Å²) in [5.41, 5.74) is 1.15. The van der Waals surface area contributed by atoms with Crippen molar-refractivity contribution in [2.75, 3.05) is 0 Å². The Kier molecular flexibility index (Phi) is 2.68. The molecular weight excluding hydrogens is 228 g/mol. The standard InChI is InChI=1S/C15H24O3/c1-9-5-6-10-15(4,18-10)12(16)11-13(17-11)14(2,3)8-7-9/h7,10-13,16H,5-6,8H2,1-4H3/b9-7+/t10-,11-,12+,13-,15-/m1/s1. The fourth-order valence-corrected chi connectivity index (χ4v) is 3.21. The molecule has 2 heterocycles. The summed E-state index contributed by atoms with van der Waals surface area (Å²) in [7, 11) is 0. The van der Waals surface area contributed by atoms with E-state index < -0.39 is 6.10 Å². The predicted octanol–water partition coefficient (Wildman–Crippen LogP) is 2.43. The van der Waals surface area contributed by atoms with Gasteiger partial charge in [-0.1, -0.05) is 25.5 Å². The van der Waals surface area contributed by atoms with Gasteiger partial charge in [0.2, 0.25) is 0 Å². The van der Waals surface area contributed by atoms with E-state index in [9.17, 15) is 5.11 Å². The van der Waals surface area contributed by atoms with Crippen molar-refractivity contribution in [3.8, 4) is 0 Å². The summed E-state index contributed by atoms with van der Waals surface area (Å²) in [6.45, 7) is 8.65. The van der Waals surface area contributed by atoms with Gasteiger partial charge in [0, 0.05) is 0 Å². The van der Waals surface area contributed by atoms with Crippen molar-refractivity contribution >= 4 is 0 Å². The maximum atomic E-state index is 10.4. The third-order valence-corrected chi connectivity index (χ3v) is 4.95. The molecule has 3 nitrogen and oxygen atoms in total. The molecule has 0 aromatic carbocycles. The lowest BCUT2D eigenvalue weighted by Crippen LogP contribution is -2.37. The Morgan fingerprint density at radius 1 is 1.33 bits per heavy atom. The second-order valence-electron chi connectivity index (χ2n) is 7.04. The maximum Gasteiger partial charge on any atom is 0.120 e. The molecule has 5 atom stereocenters. The zero-order valence-corrected chi connectivity index (χ0v) is 11.8. The highest BCUT2D eigenvalue weighted by Crippen LogP contribution is 2.51. The summed E-state index contributed by atoms with van der Waals surface area (Å²) in [6, 6.07) is 0. The third kappa shape index (κ3) is 1.93. The fraction of sp³-hybridized carbons (Fsp3) is 0.867. The lowest BCUT2D eigenvalue weighted by atomic mass is 9.81. The van der Waals surface area contributed by atoms with Crippen LogP contribution in [-0.4, -0.2) is 35.1 Å². The molecule has 1 aliphatic carbocycles. The first kappa shape index (κ1) is 12.6. The summed E-state index contributed by atoms with van der Waals surface area (Å²) < 4.78 is 11.5. The Bertz CT molecular complexity index is 387. The van der Waals surface area contributed by atoms with Gasteiger partial charge in [0.1, 0.15) is 17.8 Å². The highest BCUT2D eigenvalue weighted by Gasteiger charge is 2.65. The predicted molar refractivity (Wildman–Crippen MR) is 69.3 cm³/mol. The van der Waals surface area contributed by atoms with Crippen LogP contribution in [0.15, 0.2) is 11.6 Å². The van der Waals surface area contributed by atoms with Gasteiger partial charge >= 0.3 is 0 Å². The van der Waals surface area contributed by atoms with Gasteiger partial charge in [-0.25, -0.2) is 0 Å². The Labute approximate surface area is 109 Å². The molecule has 3 rings (SSSR count). The van der Waals surface area contributed by atoms with Crippen molar-refractivity contribution in [2.24, 2.45) is 5.41 Å². The van der Waals surface area contributed by atoms with Crippen molar-refractivity contribution in [3.63, 3.8) is 0 Å². The number of hydrogen-bond donors (Lipinski definition) is 1. The van der Waals surface area contributed by atoms with Crippen molar-refractivity contribution in [3.05, 3.63) is 11.6 Å². The minimum atomic E-state index is -0.481. The summed E-state index contributed by atoms with van der Waals surface area (Å²) in [6.07, 6.45) is 5.27. The van der Waals surface area contributed by atoms with Gasteiger partial charge in [-0.2, -0.15) is 0 Å². The normalized spacial score (nSPS) is 53.3. The third-order valence-electron chi connectivity index (χ3n) is 4.95. The summed E-state index contributed by atoms with van der Waals surface area (Å²) in [4.78, 5) is 0. The summed E-state index contributed by atoms with van der Waals surface area (Å²) >= 11 is 0. The van der Waals surface area contributed by atoms with Crippen LogP contribution in [0.3, 0.4) is 0 Å². The van der Waals surface area contributed by atoms with E-state index >= 15 is 0 Å². The van der Waals surface area contributed by atoms with Crippen LogP contribution in [0.4, 0.5) is 0 Å². The highest BCUT2D eigenvalue weighted by atomic mass is 16.6. The molecule has 0 bridgehead atoms. The van der Waals surface area contributed by atoms with Crippen LogP contribution in [0.5, 0.6) is 0 Å². The summed E-state index contributed by atoms with van der Waals surface area (Å²) in [5, 5.41) is 10.4. The Morgan fingerprint density at radius 2 is 2.06 bits per heavy atom. The van der Waals surface area contributed by atoms with Crippen LogP contribution in [0.2, 0.25) is 0 Å². The van der Waals surface area contributed by atoms with Crippen molar-refractivity contribution in [2.45, 2.75) is 77.0 Å².